The van der Waals surface area contributed by atoms with Crippen molar-refractivity contribution in [3.63, 3.8) is 0 Å². The van der Waals surface area contributed by atoms with Gasteiger partial charge in [-0.15, -0.1) is 0 Å². The van der Waals surface area contributed by atoms with E-state index in [0.717, 1.165) is 35.5 Å². The van der Waals surface area contributed by atoms with Crippen LogP contribution in [0.4, 0.5) is 0 Å². The van der Waals surface area contributed by atoms with E-state index in [4.69, 9.17) is 0 Å². The molecule has 0 heterocycles. The molecule has 8 aliphatic carbocycles. The molecule has 8 fully saturated rings. The summed E-state index contributed by atoms with van der Waals surface area (Å²) in [5, 5.41) is 4.73. The maximum Gasteiger partial charge on any atom is -0.00487 e. The summed E-state index contributed by atoms with van der Waals surface area (Å²) in [6, 6.07) is 19.5. The molecular weight excluding hydrogens is 470 g/mol. The fourth-order valence-electron chi connectivity index (χ4n) is 11.5. The minimum atomic E-state index is -0.146. The third kappa shape index (κ3) is 3.52. The van der Waals surface area contributed by atoms with Gasteiger partial charge in [0, 0.05) is 0 Å². The fraction of sp³-hybridized carbons (Fsp3) is 0.647. The molecule has 0 saturated heterocycles. The smallest absolute Gasteiger partial charge is 0.00487 e. The molecule has 0 radical (unpaired) electrons. The van der Waals surface area contributed by atoms with Crippen LogP contribution in [0.25, 0.3) is 11.1 Å². The summed E-state index contributed by atoms with van der Waals surface area (Å²) < 4.78 is 0. The first-order valence-corrected chi connectivity index (χ1v) is 18.7. The van der Waals surface area contributed by atoms with Crippen LogP contribution in [0.15, 0.2) is 48.5 Å². The van der Waals surface area contributed by atoms with E-state index in [0.29, 0.717) is 10.3 Å². The van der Waals surface area contributed by atoms with E-state index in [1.165, 1.54) is 38.5 Å². The Hall–Kier alpha value is -0.700. The zero-order chi connectivity index (χ0) is 24.1. The minimum absolute atomic E-state index is 0.146. The second kappa shape index (κ2) is 8.40. The molecular formula is C34H44P2. The van der Waals surface area contributed by atoms with Gasteiger partial charge in [-0.25, -0.2) is 0 Å². The maximum atomic E-state index is 2.69. The molecule has 0 N–H and O–H groups in total. The Labute approximate surface area is 221 Å². The quantitative estimate of drug-likeness (QED) is 0.350. The minimum Gasteiger partial charge on any atom is -0.0714 e. The summed E-state index contributed by atoms with van der Waals surface area (Å²) in [5.41, 5.74) is 3.22. The summed E-state index contributed by atoms with van der Waals surface area (Å²) in [6.07, 6.45) is 18.5. The van der Waals surface area contributed by atoms with Gasteiger partial charge in [-0.05, 0) is 158 Å². The van der Waals surface area contributed by atoms with Crippen LogP contribution in [0, 0.1) is 35.5 Å². The molecule has 2 aromatic rings. The van der Waals surface area contributed by atoms with Crippen LogP contribution in [0.1, 0.15) is 77.0 Å². The number of rotatable bonds is 5. The van der Waals surface area contributed by atoms with Gasteiger partial charge in [-0.1, -0.05) is 64.4 Å². The third-order valence-corrected chi connectivity index (χ3v) is 18.4. The van der Waals surface area contributed by atoms with E-state index in [2.05, 4.69) is 61.9 Å². The van der Waals surface area contributed by atoms with Crippen LogP contribution in [0.2, 0.25) is 0 Å². The van der Waals surface area contributed by atoms with E-state index in [1.807, 2.05) is 0 Å². The summed E-state index contributed by atoms with van der Waals surface area (Å²) in [4.78, 5) is 0. The maximum absolute atomic E-state index is 2.69. The van der Waals surface area contributed by atoms with E-state index in [9.17, 15) is 0 Å². The van der Waals surface area contributed by atoms with Crippen LogP contribution in [-0.4, -0.2) is 23.6 Å². The number of benzene rings is 2. The van der Waals surface area contributed by atoms with Crippen LogP contribution < -0.4 is 10.6 Å². The predicted molar refractivity (Wildman–Crippen MR) is 159 cm³/mol. The Morgan fingerprint density at radius 1 is 0.472 bits per heavy atom. The first-order valence-electron chi connectivity index (χ1n) is 15.2. The Balaban J connectivity index is 1.18. The van der Waals surface area contributed by atoms with Gasteiger partial charge >= 0.3 is 0 Å². The van der Waals surface area contributed by atoms with Crippen LogP contribution in [0.5, 0.6) is 0 Å². The van der Waals surface area contributed by atoms with Gasteiger partial charge in [0.2, 0.25) is 0 Å². The highest BCUT2D eigenvalue weighted by Crippen LogP contribution is 2.69. The van der Waals surface area contributed by atoms with Gasteiger partial charge in [0.15, 0.2) is 0 Å². The van der Waals surface area contributed by atoms with Crippen molar-refractivity contribution in [1.82, 2.24) is 0 Å². The van der Waals surface area contributed by atoms with Gasteiger partial charge in [0.25, 0.3) is 0 Å². The highest BCUT2D eigenvalue weighted by atomic mass is 31.1. The Bertz CT molecular complexity index is 1000. The SMILES string of the molecule is CP(c1ccccc1-c1ccccc1P(C)C12CC3CC(CC(C3)C1)C2)C12CC3CC(CC(C3)C1)C2. The van der Waals surface area contributed by atoms with Crippen LogP contribution in [-0.2, 0) is 0 Å². The molecule has 190 valence electrons. The molecule has 0 aliphatic heterocycles. The standard InChI is InChI=1S/C34H44P2/c1-35(33-17-23-11-24(18-33)13-25(12-23)19-33)31-9-5-3-7-29(31)30-8-4-6-10-32(30)36(2)34-20-26-14-27(21-34)16-28(15-26)22-34/h3-10,23-28H,11-22H2,1-2H3. The van der Waals surface area contributed by atoms with Crippen molar-refractivity contribution in [3.05, 3.63) is 48.5 Å². The molecule has 8 bridgehead atoms. The van der Waals surface area contributed by atoms with Gasteiger partial charge in [-0.2, -0.15) is 0 Å². The molecule has 8 saturated carbocycles. The average molecular weight is 515 g/mol. The lowest BCUT2D eigenvalue weighted by atomic mass is 9.56. The second-order valence-corrected chi connectivity index (χ2v) is 19.5. The molecule has 2 atom stereocenters. The second-order valence-electron chi connectivity index (χ2n) is 14.4. The van der Waals surface area contributed by atoms with E-state index < -0.39 is 0 Å². The van der Waals surface area contributed by atoms with Crippen LogP contribution >= 0.6 is 15.8 Å². The van der Waals surface area contributed by atoms with Crippen molar-refractivity contribution in [2.24, 2.45) is 35.5 Å². The van der Waals surface area contributed by atoms with Crippen molar-refractivity contribution >= 4 is 26.5 Å². The first kappa shape index (κ1) is 23.2. The number of hydrogen-bond acceptors (Lipinski definition) is 0. The number of hydrogen-bond donors (Lipinski definition) is 0. The lowest BCUT2D eigenvalue weighted by Crippen LogP contribution is -2.50. The molecule has 10 rings (SSSR count). The Morgan fingerprint density at radius 3 is 1.06 bits per heavy atom. The highest BCUT2D eigenvalue weighted by molar-refractivity contribution is 7.67. The summed E-state index contributed by atoms with van der Waals surface area (Å²) in [6.45, 7) is 5.38. The monoisotopic (exact) mass is 514 g/mol. The van der Waals surface area contributed by atoms with Gasteiger partial charge in [-0.3, -0.25) is 0 Å². The van der Waals surface area contributed by atoms with Gasteiger partial charge < -0.3 is 0 Å². The van der Waals surface area contributed by atoms with E-state index >= 15 is 0 Å². The summed E-state index contributed by atoms with van der Waals surface area (Å²) in [7, 11) is -0.291. The summed E-state index contributed by atoms with van der Waals surface area (Å²) >= 11 is 0. The molecule has 0 nitrogen and oxygen atoms in total. The van der Waals surface area contributed by atoms with E-state index in [1.54, 1.807) is 60.3 Å². The molecule has 36 heavy (non-hydrogen) atoms. The molecule has 0 spiro atoms. The molecule has 2 aromatic carbocycles. The molecule has 2 heteroatoms. The summed E-state index contributed by atoms with van der Waals surface area (Å²) in [5.74, 6) is 6.25. The van der Waals surface area contributed by atoms with Crippen molar-refractivity contribution in [3.8, 4) is 11.1 Å². The fourth-order valence-corrected chi connectivity index (χ4v) is 17.4. The van der Waals surface area contributed by atoms with Gasteiger partial charge in [0.05, 0.1) is 0 Å². The predicted octanol–water partition coefficient (Wildman–Crippen LogP) is 8.77. The zero-order valence-corrected chi connectivity index (χ0v) is 24.3. The first-order chi connectivity index (χ1) is 17.5. The molecule has 0 amide bonds. The van der Waals surface area contributed by atoms with Crippen molar-refractivity contribution in [2.75, 3.05) is 13.3 Å². The molecule has 0 aromatic heterocycles. The molecule has 8 aliphatic rings. The highest BCUT2D eigenvalue weighted by Gasteiger charge is 2.55. The van der Waals surface area contributed by atoms with Crippen molar-refractivity contribution in [1.29, 1.82) is 0 Å². The zero-order valence-electron chi connectivity index (χ0n) is 22.5. The van der Waals surface area contributed by atoms with Crippen molar-refractivity contribution < 1.29 is 0 Å². The van der Waals surface area contributed by atoms with E-state index in [-0.39, 0.29) is 15.8 Å². The Morgan fingerprint density at radius 2 is 0.750 bits per heavy atom. The largest absolute Gasteiger partial charge is 0.0714 e. The normalized spacial score (nSPS) is 43.6. The third-order valence-electron chi connectivity index (χ3n) is 12.3. The molecule has 2 unspecified atom stereocenters. The van der Waals surface area contributed by atoms with Gasteiger partial charge in [0.1, 0.15) is 0 Å². The lowest BCUT2D eigenvalue weighted by molar-refractivity contribution is 0.0361. The van der Waals surface area contributed by atoms with Crippen LogP contribution in [0.3, 0.4) is 0 Å². The Kier molecular flexibility index (Phi) is 5.41. The van der Waals surface area contributed by atoms with Crippen molar-refractivity contribution in [2.45, 2.75) is 87.4 Å². The average Bonchev–Trinajstić information content (AvgIpc) is 2.86. The topological polar surface area (TPSA) is 0 Å². The lowest BCUT2D eigenvalue weighted by Gasteiger charge is -2.59.